The van der Waals surface area contributed by atoms with Crippen LogP contribution in [-0.2, 0) is 0 Å². The van der Waals surface area contributed by atoms with Gasteiger partial charge < -0.3 is 14.8 Å². The molecule has 0 saturated heterocycles. The summed E-state index contributed by atoms with van der Waals surface area (Å²) in [4.78, 5) is 16.3. The molecule has 126 valence electrons. The highest BCUT2D eigenvalue weighted by Gasteiger charge is 2.06. The van der Waals surface area contributed by atoms with Crippen LogP contribution >= 0.6 is 11.3 Å². The van der Waals surface area contributed by atoms with E-state index >= 15 is 0 Å². The molecule has 0 atom stereocenters. The van der Waals surface area contributed by atoms with E-state index in [9.17, 15) is 4.79 Å². The fourth-order valence-corrected chi connectivity index (χ4v) is 2.90. The lowest BCUT2D eigenvalue weighted by molar-refractivity contribution is 0.0959. The first kappa shape index (κ1) is 16.8. The number of nitrogens with one attached hydrogen (secondary N) is 1. The summed E-state index contributed by atoms with van der Waals surface area (Å²) in [6.07, 6.45) is 0. The maximum absolute atomic E-state index is 12.1. The number of ether oxygens (including phenoxy) is 2. The molecule has 6 heteroatoms. The number of hydrogen-bond donors (Lipinski definition) is 1. The number of carbonyl (C=O) groups excluding carboxylic acids is 1. The van der Waals surface area contributed by atoms with Gasteiger partial charge in [0.2, 0.25) is 0 Å². The van der Waals surface area contributed by atoms with Crippen LogP contribution in [0.1, 0.15) is 10.4 Å². The number of nitrogens with zero attached hydrogens (tertiary/aromatic N) is 1. The fourth-order valence-electron chi connectivity index (χ4n) is 2.19. The standard InChI is InChI=1S/C19H16N2O3S/c1-23-16-6-2-3-7-17(16)24-11-5-4-10-20-19(22)14-8-9-15-18(12-14)25-13-21-15/h2-3,6-9,12-13H,10-11H2,1H3,(H,20,22). The minimum atomic E-state index is -0.157. The van der Waals surface area contributed by atoms with Crippen LogP contribution in [-0.4, -0.2) is 31.2 Å². The van der Waals surface area contributed by atoms with Crippen molar-refractivity contribution in [2.45, 2.75) is 0 Å². The summed E-state index contributed by atoms with van der Waals surface area (Å²) in [6.45, 7) is 0.484. The summed E-state index contributed by atoms with van der Waals surface area (Å²) in [6, 6.07) is 12.8. The van der Waals surface area contributed by atoms with Crippen molar-refractivity contribution >= 4 is 27.5 Å². The maximum Gasteiger partial charge on any atom is 0.252 e. The average Bonchev–Trinajstić information content (AvgIpc) is 3.12. The summed E-state index contributed by atoms with van der Waals surface area (Å²) in [7, 11) is 1.59. The number of aromatic nitrogens is 1. The molecule has 1 amide bonds. The van der Waals surface area contributed by atoms with E-state index in [1.807, 2.05) is 36.4 Å². The summed E-state index contributed by atoms with van der Waals surface area (Å²) < 4.78 is 11.7. The van der Waals surface area contributed by atoms with Crippen LogP contribution < -0.4 is 14.8 Å². The van der Waals surface area contributed by atoms with Gasteiger partial charge >= 0.3 is 0 Å². The molecule has 0 fully saturated rings. The molecule has 3 aromatic rings. The highest BCUT2D eigenvalue weighted by molar-refractivity contribution is 7.16. The average molecular weight is 352 g/mol. The molecule has 0 aliphatic rings. The van der Waals surface area contributed by atoms with Gasteiger partial charge in [0.25, 0.3) is 5.91 Å². The Labute approximate surface area is 149 Å². The minimum absolute atomic E-state index is 0.157. The number of thiazole rings is 1. The molecule has 0 bridgehead atoms. The normalized spacial score (nSPS) is 9.96. The number of amides is 1. The van der Waals surface area contributed by atoms with Crippen molar-refractivity contribution in [2.75, 3.05) is 20.3 Å². The molecule has 1 N–H and O–H groups in total. The molecule has 0 unspecified atom stereocenters. The Morgan fingerprint density at radius 2 is 2.04 bits per heavy atom. The highest BCUT2D eigenvalue weighted by Crippen LogP contribution is 2.25. The molecule has 0 aliphatic carbocycles. The Hall–Kier alpha value is -3.04. The van der Waals surface area contributed by atoms with E-state index in [1.54, 1.807) is 18.7 Å². The number of methoxy groups -OCH3 is 1. The van der Waals surface area contributed by atoms with Gasteiger partial charge in [0.05, 0.1) is 29.4 Å². The molecule has 0 radical (unpaired) electrons. The van der Waals surface area contributed by atoms with Crippen molar-refractivity contribution < 1.29 is 14.3 Å². The Morgan fingerprint density at radius 1 is 1.20 bits per heavy atom. The van der Waals surface area contributed by atoms with Crippen LogP contribution in [0.2, 0.25) is 0 Å². The predicted octanol–water partition coefficient (Wildman–Crippen LogP) is 3.12. The predicted molar refractivity (Wildman–Crippen MR) is 98.2 cm³/mol. The number of hydrogen-bond acceptors (Lipinski definition) is 5. The quantitative estimate of drug-likeness (QED) is 0.717. The lowest BCUT2D eigenvalue weighted by atomic mass is 10.2. The Bertz CT molecular complexity index is 940. The lowest BCUT2D eigenvalue weighted by Gasteiger charge is -2.07. The molecule has 1 heterocycles. The number of fused-ring (bicyclic) bond motifs is 1. The Balaban J connectivity index is 1.48. The lowest BCUT2D eigenvalue weighted by Crippen LogP contribution is -2.23. The van der Waals surface area contributed by atoms with Crippen LogP contribution in [0.4, 0.5) is 0 Å². The van der Waals surface area contributed by atoms with Gasteiger partial charge in [-0.05, 0) is 30.3 Å². The third-order valence-electron chi connectivity index (χ3n) is 3.42. The first-order valence-corrected chi connectivity index (χ1v) is 8.49. The first-order valence-electron chi connectivity index (χ1n) is 7.61. The van der Waals surface area contributed by atoms with Crippen molar-refractivity contribution in [3.63, 3.8) is 0 Å². The van der Waals surface area contributed by atoms with E-state index in [0.29, 0.717) is 17.1 Å². The maximum atomic E-state index is 12.1. The van der Waals surface area contributed by atoms with Gasteiger partial charge in [0, 0.05) is 5.56 Å². The molecule has 2 aromatic carbocycles. The number of carbonyl (C=O) groups is 1. The molecular weight excluding hydrogens is 336 g/mol. The van der Waals surface area contributed by atoms with E-state index in [0.717, 1.165) is 10.2 Å². The van der Waals surface area contributed by atoms with Crippen molar-refractivity contribution in [1.82, 2.24) is 10.3 Å². The van der Waals surface area contributed by atoms with E-state index in [4.69, 9.17) is 9.47 Å². The zero-order chi connectivity index (χ0) is 17.5. The van der Waals surface area contributed by atoms with Crippen molar-refractivity contribution in [3.05, 3.63) is 53.5 Å². The van der Waals surface area contributed by atoms with Gasteiger partial charge in [-0.2, -0.15) is 0 Å². The summed E-state index contributed by atoms with van der Waals surface area (Å²) in [5.41, 5.74) is 3.26. The first-order chi connectivity index (χ1) is 12.3. The summed E-state index contributed by atoms with van der Waals surface area (Å²) >= 11 is 1.51. The molecule has 0 saturated carbocycles. The van der Waals surface area contributed by atoms with E-state index < -0.39 is 0 Å². The van der Waals surface area contributed by atoms with E-state index in [1.165, 1.54) is 11.3 Å². The second-order valence-electron chi connectivity index (χ2n) is 5.01. The molecule has 3 rings (SSSR count). The van der Waals surface area contributed by atoms with E-state index in [2.05, 4.69) is 22.1 Å². The van der Waals surface area contributed by atoms with Crippen LogP contribution in [0.5, 0.6) is 11.5 Å². The third kappa shape index (κ3) is 4.28. The van der Waals surface area contributed by atoms with Crippen LogP contribution in [0.15, 0.2) is 48.0 Å². The summed E-state index contributed by atoms with van der Waals surface area (Å²) in [5.74, 6) is 6.88. The van der Waals surface area contributed by atoms with Gasteiger partial charge in [0.15, 0.2) is 11.5 Å². The SMILES string of the molecule is COc1ccccc1OCC#CCNC(=O)c1ccc2ncsc2c1. The second-order valence-corrected chi connectivity index (χ2v) is 5.90. The molecule has 0 spiro atoms. The van der Waals surface area contributed by atoms with Gasteiger partial charge in [-0.25, -0.2) is 4.98 Å². The second kappa shape index (κ2) is 8.18. The topological polar surface area (TPSA) is 60.5 Å². The number of para-hydroxylation sites is 2. The molecular formula is C19H16N2O3S. The number of rotatable bonds is 5. The largest absolute Gasteiger partial charge is 0.493 e. The fraction of sp³-hybridized carbons (Fsp3) is 0.158. The molecule has 5 nitrogen and oxygen atoms in total. The smallest absolute Gasteiger partial charge is 0.252 e. The zero-order valence-corrected chi connectivity index (χ0v) is 14.4. The van der Waals surface area contributed by atoms with Gasteiger partial charge in [0.1, 0.15) is 6.61 Å². The Kier molecular flexibility index (Phi) is 5.50. The summed E-state index contributed by atoms with van der Waals surface area (Å²) in [5, 5.41) is 2.77. The Morgan fingerprint density at radius 3 is 2.88 bits per heavy atom. The highest BCUT2D eigenvalue weighted by atomic mass is 32.1. The van der Waals surface area contributed by atoms with Gasteiger partial charge in [-0.3, -0.25) is 4.79 Å². The van der Waals surface area contributed by atoms with Gasteiger partial charge in [-0.1, -0.05) is 24.0 Å². The minimum Gasteiger partial charge on any atom is -0.493 e. The monoisotopic (exact) mass is 352 g/mol. The molecule has 1 aromatic heterocycles. The zero-order valence-electron chi connectivity index (χ0n) is 13.6. The van der Waals surface area contributed by atoms with Crippen LogP contribution in [0.3, 0.4) is 0 Å². The number of benzene rings is 2. The van der Waals surface area contributed by atoms with Gasteiger partial charge in [-0.15, -0.1) is 11.3 Å². The van der Waals surface area contributed by atoms with Crippen LogP contribution in [0.25, 0.3) is 10.2 Å². The van der Waals surface area contributed by atoms with Crippen molar-refractivity contribution in [2.24, 2.45) is 0 Å². The van der Waals surface area contributed by atoms with Crippen molar-refractivity contribution in [1.29, 1.82) is 0 Å². The van der Waals surface area contributed by atoms with E-state index in [-0.39, 0.29) is 19.1 Å². The molecule has 25 heavy (non-hydrogen) atoms. The van der Waals surface area contributed by atoms with Crippen molar-refractivity contribution in [3.8, 4) is 23.3 Å². The third-order valence-corrected chi connectivity index (χ3v) is 4.22. The van der Waals surface area contributed by atoms with Crippen LogP contribution in [0, 0.1) is 11.8 Å². The molecule has 0 aliphatic heterocycles.